The molecule has 1 amide bonds. The number of carbonyl (C=O) groups is 1. The molecule has 1 aliphatic heterocycles. The first kappa shape index (κ1) is 13.0. The number of aryl methyl sites for hydroxylation is 1. The van der Waals surface area contributed by atoms with Crippen molar-refractivity contribution in [2.75, 3.05) is 6.54 Å². The van der Waals surface area contributed by atoms with Crippen molar-refractivity contribution in [3.63, 3.8) is 0 Å². The van der Waals surface area contributed by atoms with Crippen molar-refractivity contribution in [3.05, 3.63) is 35.1 Å². The van der Waals surface area contributed by atoms with Crippen LogP contribution in [0, 0.1) is 12.7 Å². The second-order valence-electron chi connectivity index (χ2n) is 4.89. The molecule has 2 rings (SSSR count). The highest BCUT2D eigenvalue weighted by Gasteiger charge is 2.23. The van der Waals surface area contributed by atoms with Crippen LogP contribution in [0.1, 0.15) is 36.9 Å². The molecular formula is C14H19FN2O. The maximum absolute atomic E-state index is 13.2. The summed E-state index contributed by atoms with van der Waals surface area (Å²) in [7, 11) is 0. The van der Waals surface area contributed by atoms with E-state index in [1.54, 1.807) is 19.1 Å². The van der Waals surface area contributed by atoms with Crippen molar-refractivity contribution >= 4 is 5.91 Å². The molecule has 2 atom stereocenters. The zero-order valence-electron chi connectivity index (χ0n) is 10.8. The SMILES string of the molecule is Cc1cc(C(C)NC(=O)C2CCCN2)ccc1F. The van der Waals surface area contributed by atoms with E-state index in [4.69, 9.17) is 0 Å². The Kier molecular flexibility index (Phi) is 3.97. The molecule has 18 heavy (non-hydrogen) atoms. The van der Waals surface area contributed by atoms with Crippen molar-refractivity contribution in [1.82, 2.24) is 10.6 Å². The Hall–Kier alpha value is -1.42. The van der Waals surface area contributed by atoms with Crippen LogP contribution in [0.4, 0.5) is 4.39 Å². The summed E-state index contributed by atoms with van der Waals surface area (Å²) in [6.07, 6.45) is 1.93. The first-order chi connectivity index (χ1) is 8.58. The molecule has 1 fully saturated rings. The molecule has 0 saturated carbocycles. The molecule has 1 aromatic carbocycles. The molecule has 0 aliphatic carbocycles. The molecule has 2 unspecified atom stereocenters. The topological polar surface area (TPSA) is 41.1 Å². The molecule has 3 nitrogen and oxygen atoms in total. The van der Waals surface area contributed by atoms with E-state index in [1.165, 1.54) is 6.07 Å². The van der Waals surface area contributed by atoms with Gasteiger partial charge in [-0.15, -0.1) is 0 Å². The van der Waals surface area contributed by atoms with Gasteiger partial charge in [-0.3, -0.25) is 4.79 Å². The fourth-order valence-electron chi connectivity index (χ4n) is 2.24. The summed E-state index contributed by atoms with van der Waals surface area (Å²) >= 11 is 0. The largest absolute Gasteiger partial charge is 0.348 e. The van der Waals surface area contributed by atoms with E-state index in [0.29, 0.717) is 5.56 Å². The molecule has 1 aliphatic rings. The number of hydrogen-bond acceptors (Lipinski definition) is 2. The van der Waals surface area contributed by atoms with E-state index >= 15 is 0 Å². The number of halogens is 1. The van der Waals surface area contributed by atoms with Crippen molar-refractivity contribution < 1.29 is 9.18 Å². The molecule has 1 aromatic rings. The van der Waals surface area contributed by atoms with Crippen molar-refractivity contribution in [2.45, 2.75) is 38.8 Å². The van der Waals surface area contributed by atoms with Crippen LogP contribution in [0.25, 0.3) is 0 Å². The fraction of sp³-hybridized carbons (Fsp3) is 0.500. The van der Waals surface area contributed by atoms with Crippen LogP contribution in [-0.2, 0) is 4.79 Å². The normalized spacial score (nSPS) is 20.7. The van der Waals surface area contributed by atoms with Gasteiger partial charge in [-0.05, 0) is 50.4 Å². The number of benzene rings is 1. The van der Waals surface area contributed by atoms with Gasteiger partial charge >= 0.3 is 0 Å². The van der Waals surface area contributed by atoms with E-state index in [2.05, 4.69) is 10.6 Å². The van der Waals surface area contributed by atoms with Gasteiger partial charge in [0, 0.05) is 0 Å². The third kappa shape index (κ3) is 2.88. The summed E-state index contributed by atoms with van der Waals surface area (Å²) in [6, 6.07) is 4.77. The van der Waals surface area contributed by atoms with Gasteiger partial charge in [0.15, 0.2) is 0 Å². The first-order valence-corrected chi connectivity index (χ1v) is 6.37. The van der Waals surface area contributed by atoms with Crippen LogP contribution in [0.2, 0.25) is 0 Å². The number of hydrogen-bond donors (Lipinski definition) is 2. The minimum atomic E-state index is -0.213. The van der Waals surface area contributed by atoms with Crippen molar-refractivity contribution in [3.8, 4) is 0 Å². The minimum absolute atomic E-state index is 0.0296. The second-order valence-corrected chi connectivity index (χ2v) is 4.89. The van der Waals surface area contributed by atoms with Crippen LogP contribution in [-0.4, -0.2) is 18.5 Å². The van der Waals surface area contributed by atoms with Gasteiger partial charge in [-0.1, -0.05) is 12.1 Å². The van der Waals surface area contributed by atoms with Crippen molar-refractivity contribution in [1.29, 1.82) is 0 Å². The molecule has 1 heterocycles. The Morgan fingerprint density at radius 3 is 2.94 bits per heavy atom. The van der Waals surface area contributed by atoms with E-state index in [0.717, 1.165) is 24.9 Å². The first-order valence-electron chi connectivity index (χ1n) is 6.37. The number of rotatable bonds is 3. The predicted octanol–water partition coefficient (Wildman–Crippen LogP) is 2.06. The van der Waals surface area contributed by atoms with Gasteiger partial charge in [-0.25, -0.2) is 4.39 Å². The van der Waals surface area contributed by atoms with E-state index in [1.807, 2.05) is 6.92 Å². The summed E-state index contributed by atoms with van der Waals surface area (Å²) in [5, 5.41) is 6.12. The van der Waals surface area contributed by atoms with Gasteiger partial charge < -0.3 is 10.6 Å². The zero-order chi connectivity index (χ0) is 13.1. The zero-order valence-corrected chi connectivity index (χ0v) is 10.8. The predicted molar refractivity (Wildman–Crippen MR) is 68.7 cm³/mol. The lowest BCUT2D eigenvalue weighted by Crippen LogP contribution is -2.41. The van der Waals surface area contributed by atoms with Crippen LogP contribution in [0.5, 0.6) is 0 Å². The molecule has 4 heteroatoms. The third-order valence-corrected chi connectivity index (χ3v) is 3.42. The smallest absolute Gasteiger partial charge is 0.237 e. The molecule has 2 N–H and O–H groups in total. The maximum atomic E-state index is 13.2. The molecule has 0 aromatic heterocycles. The van der Waals surface area contributed by atoms with E-state index < -0.39 is 0 Å². The minimum Gasteiger partial charge on any atom is -0.348 e. The third-order valence-electron chi connectivity index (χ3n) is 3.42. The van der Waals surface area contributed by atoms with Crippen LogP contribution in [0.15, 0.2) is 18.2 Å². The van der Waals surface area contributed by atoms with Crippen LogP contribution in [0.3, 0.4) is 0 Å². The Bertz CT molecular complexity index is 441. The fourth-order valence-corrected chi connectivity index (χ4v) is 2.24. The lowest BCUT2D eigenvalue weighted by Gasteiger charge is -2.18. The maximum Gasteiger partial charge on any atom is 0.237 e. The number of carbonyl (C=O) groups excluding carboxylic acids is 1. The van der Waals surface area contributed by atoms with Crippen LogP contribution >= 0.6 is 0 Å². The van der Waals surface area contributed by atoms with Gasteiger partial charge in [-0.2, -0.15) is 0 Å². The van der Waals surface area contributed by atoms with Gasteiger partial charge in [0.05, 0.1) is 12.1 Å². The molecule has 98 valence electrons. The van der Waals surface area contributed by atoms with E-state index in [-0.39, 0.29) is 23.8 Å². The highest BCUT2D eigenvalue weighted by molar-refractivity contribution is 5.82. The summed E-state index contributed by atoms with van der Waals surface area (Å²) in [6.45, 7) is 4.55. The molecule has 0 bridgehead atoms. The Labute approximate surface area is 107 Å². The van der Waals surface area contributed by atoms with Crippen molar-refractivity contribution in [2.24, 2.45) is 0 Å². The summed E-state index contributed by atoms with van der Waals surface area (Å²) < 4.78 is 13.2. The molecule has 0 spiro atoms. The lowest BCUT2D eigenvalue weighted by molar-refractivity contribution is -0.123. The Morgan fingerprint density at radius 1 is 1.56 bits per heavy atom. The summed E-state index contributed by atoms with van der Waals surface area (Å²) in [5.41, 5.74) is 1.54. The van der Waals surface area contributed by atoms with Gasteiger partial charge in [0.2, 0.25) is 5.91 Å². The average Bonchev–Trinajstić information content (AvgIpc) is 2.86. The quantitative estimate of drug-likeness (QED) is 0.862. The molecular weight excluding hydrogens is 231 g/mol. The highest BCUT2D eigenvalue weighted by Crippen LogP contribution is 2.17. The molecule has 0 radical (unpaired) electrons. The van der Waals surface area contributed by atoms with Gasteiger partial charge in [0.25, 0.3) is 0 Å². The monoisotopic (exact) mass is 250 g/mol. The van der Waals surface area contributed by atoms with Gasteiger partial charge in [0.1, 0.15) is 5.82 Å². The lowest BCUT2D eigenvalue weighted by atomic mass is 10.0. The number of amides is 1. The Balaban J connectivity index is 2.00. The summed E-state index contributed by atoms with van der Waals surface area (Å²) in [5.74, 6) is -0.184. The average molecular weight is 250 g/mol. The Morgan fingerprint density at radius 2 is 2.33 bits per heavy atom. The molecule has 1 saturated heterocycles. The van der Waals surface area contributed by atoms with Crippen LogP contribution < -0.4 is 10.6 Å². The van der Waals surface area contributed by atoms with E-state index in [9.17, 15) is 9.18 Å². The second kappa shape index (κ2) is 5.48. The standard InChI is InChI=1S/C14H19FN2O/c1-9-8-11(5-6-12(9)15)10(2)17-14(18)13-4-3-7-16-13/h5-6,8,10,13,16H,3-4,7H2,1-2H3,(H,17,18). The number of nitrogens with one attached hydrogen (secondary N) is 2. The summed E-state index contributed by atoms with van der Waals surface area (Å²) in [4.78, 5) is 11.9. The highest BCUT2D eigenvalue weighted by atomic mass is 19.1.